The minimum absolute atomic E-state index is 0. The minimum Gasteiger partial charge on any atom is -0.378 e. The highest BCUT2D eigenvalue weighted by Crippen LogP contribution is 2.24. The molecule has 0 aliphatic heterocycles. The van der Waals surface area contributed by atoms with Gasteiger partial charge in [0, 0.05) is 38.2 Å². The third kappa shape index (κ3) is 11.2. The molecule has 0 saturated heterocycles. The van der Waals surface area contributed by atoms with Crippen molar-refractivity contribution in [1.29, 1.82) is 0 Å². The molecule has 2 aliphatic rings. The van der Waals surface area contributed by atoms with Gasteiger partial charge in [0.1, 0.15) is 0 Å². The molecule has 6 nitrogen and oxygen atoms in total. The van der Waals surface area contributed by atoms with Crippen molar-refractivity contribution >= 4 is 35.8 Å². The fraction of sp³-hybridized carbons (Fsp3) is 0.913. The van der Waals surface area contributed by atoms with Crippen LogP contribution in [0.4, 0.5) is 0 Å². The van der Waals surface area contributed by atoms with E-state index in [4.69, 9.17) is 4.74 Å². The number of guanidine groups is 1. The molecule has 0 aromatic rings. The van der Waals surface area contributed by atoms with Crippen LogP contribution in [0, 0.1) is 5.92 Å². The third-order valence-corrected chi connectivity index (χ3v) is 6.06. The summed E-state index contributed by atoms with van der Waals surface area (Å²) in [6, 6.07) is 0.528. The highest BCUT2D eigenvalue weighted by atomic mass is 127. The number of amides is 1. The Bertz CT molecular complexity index is 496. The number of halogens is 1. The Kier molecular flexibility index (Phi) is 14.8. The number of aliphatic imine (C=N–C) groups is 1. The SMILES string of the molecule is CN=C(NCCCCCOC1CCCCC1)NC1CCCC(C(=O)NC(C)C)C1.I. The first-order valence-corrected chi connectivity index (χ1v) is 12.0. The minimum atomic E-state index is 0. The van der Waals surface area contributed by atoms with E-state index in [1.54, 1.807) is 0 Å². The summed E-state index contributed by atoms with van der Waals surface area (Å²) in [4.78, 5) is 16.7. The maximum atomic E-state index is 12.3. The number of ether oxygens (including phenoxy) is 1. The van der Waals surface area contributed by atoms with Crippen molar-refractivity contribution in [1.82, 2.24) is 16.0 Å². The summed E-state index contributed by atoms with van der Waals surface area (Å²) in [6.45, 7) is 5.86. The van der Waals surface area contributed by atoms with Crippen molar-refractivity contribution in [3.05, 3.63) is 0 Å². The number of rotatable bonds is 10. The van der Waals surface area contributed by atoms with E-state index in [-0.39, 0.29) is 41.8 Å². The average molecular weight is 537 g/mol. The molecule has 0 aromatic heterocycles. The van der Waals surface area contributed by atoms with Crippen molar-refractivity contribution in [2.75, 3.05) is 20.2 Å². The Morgan fingerprint density at radius 1 is 1.03 bits per heavy atom. The van der Waals surface area contributed by atoms with E-state index in [1.165, 1.54) is 38.5 Å². The van der Waals surface area contributed by atoms with E-state index in [9.17, 15) is 4.79 Å². The molecular formula is C23H45IN4O2. The van der Waals surface area contributed by atoms with Crippen LogP contribution in [0.5, 0.6) is 0 Å². The first-order chi connectivity index (χ1) is 14.1. The Balaban J connectivity index is 0.00000450. The van der Waals surface area contributed by atoms with Crippen LogP contribution in [0.3, 0.4) is 0 Å². The molecule has 0 radical (unpaired) electrons. The van der Waals surface area contributed by atoms with Gasteiger partial charge in [0.05, 0.1) is 6.10 Å². The third-order valence-electron chi connectivity index (χ3n) is 6.06. The summed E-state index contributed by atoms with van der Waals surface area (Å²) in [5, 5.41) is 10.0. The highest BCUT2D eigenvalue weighted by Gasteiger charge is 2.27. The Morgan fingerprint density at radius 2 is 1.80 bits per heavy atom. The monoisotopic (exact) mass is 536 g/mol. The quantitative estimate of drug-likeness (QED) is 0.168. The Morgan fingerprint density at radius 3 is 2.50 bits per heavy atom. The second-order valence-corrected chi connectivity index (χ2v) is 9.06. The van der Waals surface area contributed by atoms with Crippen LogP contribution in [0.25, 0.3) is 0 Å². The lowest BCUT2D eigenvalue weighted by atomic mass is 9.85. The molecule has 2 saturated carbocycles. The van der Waals surface area contributed by atoms with Gasteiger partial charge in [-0.1, -0.05) is 25.7 Å². The van der Waals surface area contributed by atoms with Gasteiger partial charge < -0.3 is 20.7 Å². The normalized spacial score (nSPS) is 23.0. The second kappa shape index (κ2) is 16.1. The second-order valence-electron chi connectivity index (χ2n) is 9.06. The smallest absolute Gasteiger partial charge is 0.223 e. The van der Waals surface area contributed by atoms with Gasteiger partial charge in [-0.15, -0.1) is 24.0 Å². The molecule has 0 heterocycles. The van der Waals surface area contributed by atoms with Crippen LogP contribution in [0.1, 0.15) is 90.9 Å². The van der Waals surface area contributed by atoms with Gasteiger partial charge in [0.25, 0.3) is 0 Å². The fourth-order valence-corrected chi connectivity index (χ4v) is 4.44. The number of nitrogens with zero attached hydrogens (tertiary/aromatic N) is 1. The van der Waals surface area contributed by atoms with Crippen molar-refractivity contribution < 1.29 is 9.53 Å². The summed E-state index contributed by atoms with van der Waals surface area (Å²) in [5.74, 6) is 1.18. The van der Waals surface area contributed by atoms with Gasteiger partial charge >= 0.3 is 0 Å². The molecule has 2 fully saturated rings. The maximum Gasteiger partial charge on any atom is 0.223 e. The molecule has 0 bridgehead atoms. The van der Waals surface area contributed by atoms with Crippen LogP contribution in [-0.4, -0.2) is 50.3 Å². The number of hydrogen-bond acceptors (Lipinski definition) is 3. The molecular weight excluding hydrogens is 491 g/mol. The van der Waals surface area contributed by atoms with E-state index in [1.807, 2.05) is 20.9 Å². The zero-order valence-electron chi connectivity index (χ0n) is 19.4. The molecule has 1 amide bonds. The Hall–Kier alpha value is -0.570. The van der Waals surface area contributed by atoms with E-state index in [0.29, 0.717) is 12.1 Å². The first-order valence-electron chi connectivity index (χ1n) is 12.0. The van der Waals surface area contributed by atoms with Crippen LogP contribution in [-0.2, 0) is 9.53 Å². The summed E-state index contributed by atoms with van der Waals surface area (Å²) in [6.07, 6.45) is 14.6. The van der Waals surface area contributed by atoms with Gasteiger partial charge in [0.2, 0.25) is 5.91 Å². The number of unbranched alkanes of at least 4 members (excludes halogenated alkanes) is 2. The molecule has 7 heteroatoms. The summed E-state index contributed by atoms with van der Waals surface area (Å²) in [7, 11) is 1.82. The highest BCUT2D eigenvalue weighted by molar-refractivity contribution is 14.0. The molecule has 2 atom stereocenters. The van der Waals surface area contributed by atoms with Crippen molar-refractivity contribution in [3.63, 3.8) is 0 Å². The van der Waals surface area contributed by atoms with Crippen molar-refractivity contribution in [3.8, 4) is 0 Å². The number of carbonyl (C=O) groups excluding carboxylic acids is 1. The van der Waals surface area contributed by atoms with Crippen LogP contribution >= 0.6 is 24.0 Å². The number of nitrogens with one attached hydrogen (secondary N) is 3. The predicted molar refractivity (Wildman–Crippen MR) is 136 cm³/mol. The predicted octanol–water partition coefficient (Wildman–Crippen LogP) is 4.37. The van der Waals surface area contributed by atoms with Crippen LogP contribution in [0.15, 0.2) is 4.99 Å². The van der Waals surface area contributed by atoms with Gasteiger partial charge in [-0.25, -0.2) is 0 Å². The van der Waals surface area contributed by atoms with Gasteiger partial charge in [-0.2, -0.15) is 0 Å². The van der Waals surface area contributed by atoms with E-state index in [0.717, 1.165) is 57.6 Å². The number of carbonyl (C=O) groups is 1. The van der Waals surface area contributed by atoms with E-state index < -0.39 is 0 Å². The maximum absolute atomic E-state index is 12.3. The summed E-state index contributed by atoms with van der Waals surface area (Å²) in [5.41, 5.74) is 0. The van der Waals surface area contributed by atoms with Crippen molar-refractivity contribution in [2.24, 2.45) is 10.9 Å². The lowest BCUT2D eigenvalue weighted by Crippen LogP contribution is -2.47. The molecule has 3 N–H and O–H groups in total. The topological polar surface area (TPSA) is 74.8 Å². The van der Waals surface area contributed by atoms with Gasteiger partial charge in [-0.3, -0.25) is 9.79 Å². The average Bonchev–Trinajstić information content (AvgIpc) is 2.72. The molecule has 176 valence electrons. The standard InChI is InChI=1S/C23H44N4O2.HI/c1-18(2)26-22(28)19-11-10-12-20(17-19)27-23(24-3)25-15-8-5-9-16-29-21-13-6-4-7-14-21;/h18-21H,4-17H2,1-3H3,(H,26,28)(H2,24,25,27);1H. The molecule has 2 aliphatic carbocycles. The molecule has 30 heavy (non-hydrogen) atoms. The molecule has 2 unspecified atom stereocenters. The lowest BCUT2D eigenvalue weighted by Gasteiger charge is -2.30. The summed E-state index contributed by atoms with van der Waals surface area (Å²) < 4.78 is 6.00. The zero-order chi connectivity index (χ0) is 20.9. The van der Waals surface area contributed by atoms with Crippen LogP contribution < -0.4 is 16.0 Å². The summed E-state index contributed by atoms with van der Waals surface area (Å²) >= 11 is 0. The van der Waals surface area contributed by atoms with Gasteiger partial charge in [0.15, 0.2) is 5.96 Å². The van der Waals surface area contributed by atoms with Gasteiger partial charge in [-0.05, 0) is 65.2 Å². The first kappa shape index (κ1) is 27.5. The van der Waals surface area contributed by atoms with Crippen molar-refractivity contribution in [2.45, 2.75) is 109 Å². The Labute approximate surface area is 201 Å². The lowest BCUT2D eigenvalue weighted by molar-refractivity contribution is -0.126. The zero-order valence-corrected chi connectivity index (χ0v) is 21.7. The van der Waals surface area contributed by atoms with E-state index >= 15 is 0 Å². The van der Waals surface area contributed by atoms with E-state index in [2.05, 4.69) is 20.9 Å². The fourth-order valence-electron chi connectivity index (χ4n) is 4.44. The van der Waals surface area contributed by atoms with Crippen LogP contribution in [0.2, 0.25) is 0 Å². The molecule has 0 spiro atoms. The largest absolute Gasteiger partial charge is 0.378 e. The number of hydrogen-bond donors (Lipinski definition) is 3. The molecule has 2 rings (SSSR count). The molecule has 0 aromatic carbocycles.